The summed E-state index contributed by atoms with van der Waals surface area (Å²) in [7, 11) is 5.55. The second kappa shape index (κ2) is 9.11. The lowest BCUT2D eigenvalue weighted by Crippen LogP contribution is -2.64. The Kier molecular flexibility index (Phi) is 6.01. The highest BCUT2D eigenvalue weighted by Gasteiger charge is 2.52. The summed E-state index contributed by atoms with van der Waals surface area (Å²) >= 11 is 0. The lowest BCUT2D eigenvalue weighted by atomic mass is 9.74. The highest BCUT2D eigenvalue weighted by Crippen LogP contribution is 2.57. The summed E-state index contributed by atoms with van der Waals surface area (Å²) < 4.78 is 29.8. The minimum atomic E-state index is -0.0318. The van der Waals surface area contributed by atoms with E-state index < -0.39 is 0 Å². The van der Waals surface area contributed by atoms with E-state index in [-0.39, 0.29) is 30.7 Å². The van der Waals surface area contributed by atoms with Crippen LogP contribution in [-0.2, 0) is 17.6 Å². The number of hydrogen-bond acceptors (Lipinski definition) is 8. The molecule has 0 saturated carbocycles. The Labute approximate surface area is 218 Å². The smallest absolute Gasteiger partial charge is 0.231 e. The van der Waals surface area contributed by atoms with Crippen molar-refractivity contribution in [1.82, 2.24) is 9.80 Å². The van der Waals surface area contributed by atoms with Crippen molar-refractivity contribution in [2.75, 3.05) is 47.8 Å². The van der Waals surface area contributed by atoms with Crippen LogP contribution >= 0.6 is 0 Å². The van der Waals surface area contributed by atoms with Gasteiger partial charge in [0.2, 0.25) is 6.79 Å². The highest BCUT2D eigenvalue weighted by molar-refractivity contribution is 5.66. The minimum absolute atomic E-state index is 0.0116. The fraction of sp³-hybridized carbons (Fsp3) is 0.517. The third kappa shape index (κ3) is 3.46. The number of phenols is 1. The quantitative estimate of drug-likeness (QED) is 0.591. The van der Waals surface area contributed by atoms with Gasteiger partial charge in [0.05, 0.1) is 25.8 Å². The van der Waals surface area contributed by atoms with E-state index >= 15 is 0 Å². The predicted molar refractivity (Wildman–Crippen MR) is 139 cm³/mol. The second-order valence-electron chi connectivity index (χ2n) is 10.6. The average molecular weight is 509 g/mol. The molecule has 0 radical (unpaired) electrons. The van der Waals surface area contributed by atoms with Crippen LogP contribution in [0.1, 0.15) is 45.5 Å². The fourth-order valence-electron chi connectivity index (χ4n) is 7.21. The van der Waals surface area contributed by atoms with Gasteiger partial charge in [0, 0.05) is 48.0 Å². The van der Waals surface area contributed by atoms with Crippen molar-refractivity contribution in [3.8, 4) is 28.7 Å². The second-order valence-corrected chi connectivity index (χ2v) is 10.6. The highest BCUT2D eigenvalue weighted by atomic mass is 16.7. The molecular weight excluding hydrogens is 472 g/mol. The molecule has 2 aromatic carbocycles. The van der Waals surface area contributed by atoms with E-state index in [9.17, 15) is 5.11 Å². The molecule has 0 aromatic heterocycles. The molecule has 1 N–H and O–H groups in total. The third-order valence-corrected chi connectivity index (χ3v) is 8.70. The van der Waals surface area contributed by atoms with Crippen LogP contribution in [0, 0.1) is 13.8 Å². The molecule has 6 rings (SSSR count). The van der Waals surface area contributed by atoms with Gasteiger partial charge in [0.1, 0.15) is 12.4 Å². The molecule has 2 aromatic rings. The van der Waals surface area contributed by atoms with Gasteiger partial charge >= 0.3 is 0 Å². The zero-order chi connectivity index (χ0) is 26.0. The van der Waals surface area contributed by atoms with E-state index in [4.69, 9.17) is 23.7 Å². The number of rotatable bonds is 6. The van der Waals surface area contributed by atoms with Gasteiger partial charge in [-0.3, -0.25) is 9.80 Å². The Balaban J connectivity index is 1.56. The van der Waals surface area contributed by atoms with Gasteiger partial charge in [-0.05, 0) is 44.9 Å². The van der Waals surface area contributed by atoms with Gasteiger partial charge < -0.3 is 28.8 Å². The molecular formula is C29H36N2O6. The van der Waals surface area contributed by atoms with Crippen LogP contribution in [0.5, 0.6) is 28.7 Å². The number of ether oxygens (including phenoxy) is 5. The van der Waals surface area contributed by atoms with E-state index in [1.807, 2.05) is 13.8 Å². The number of nitrogens with zero attached hydrogens (tertiary/aromatic N) is 2. The van der Waals surface area contributed by atoms with Crippen molar-refractivity contribution >= 4 is 0 Å². The number of phenolic OH excluding ortho intramolecular Hbond substituents is 1. The molecule has 4 aliphatic heterocycles. The molecule has 8 nitrogen and oxygen atoms in total. The van der Waals surface area contributed by atoms with Crippen LogP contribution in [0.4, 0.5) is 0 Å². The lowest BCUT2D eigenvalue weighted by molar-refractivity contribution is -0.0634. The molecule has 0 spiro atoms. The first-order valence-corrected chi connectivity index (χ1v) is 13.0. The zero-order valence-electron chi connectivity index (χ0n) is 22.3. The number of benzene rings is 2. The normalized spacial score (nSPS) is 25.8. The van der Waals surface area contributed by atoms with E-state index in [2.05, 4.69) is 29.5 Å². The molecule has 2 bridgehead atoms. The SMILES string of the molecule is C=CCOc1c(C)c2c(c3c1CC1[C@H]4c5c(cc(C)c(OC)c5O)C[C@@H](CN1[C@H]3COC)N4C)OCO2. The first-order chi connectivity index (χ1) is 17.9. The van der Waals surface area contributed by atoms with Crippen molar-refractivity contribution in [3.63, 3.8) is 0 Å². The van der Waals surface area contributed by atoms with E-state index in [0.29, 0.717) is 25.0 Å². The maximum Gasteiger partial charge on any atom is 0.231 e. The van der Waals surface area contributed by atoms with Gasteiger partial charge in [-0.15, -0.1) is 0 Å². The summed E-state index contributed by atoms with van der Waals surface area (Å²) in [6.45, 7) is 9.90. The number of likely N-dealkylation sites (N-methyl/N-ethyl adjacent to an activating group) is 1. The first-order valence-electron chi connectivity index (χ1n) is 13.0. The molecule has 8 heteroatoms. The summed E-state index contributed by atoms with van der Waals surface area (Å²) in [6.07, 6.45) is 3.38. The maximum atomic E-state index is 11.5. The standard InChI is InChI=1S/C29H36N2O6/c1-7-8-35-27-16(3)28-29(37-14-36-28)23-19(27)11-20-24-22-17(9-15(2)26(34-6)25(22)32)10-18(30(24)4)12-31(20)21(23)13-33-5/h7,9,18,20-21,24,32H,1,8,10-14H2,2-6H3/t18-,20?,21-,24-/m0/s1. The number of hydrogen-bond donors (Lipinski definition) is 1. The van der Waals surface area contributed by atoms with E-state index in [1.165, 1.54) is 5.56 Å². The zero-order valence-corrected chi connectivity index (χ0v) is 22.3. The van der Waals surface area contributed by atoms with Crippen molar-refractivity contribution < 1.29 is 28.8 Å². The third-order valence-electron chi connectivity index (χ3n) is 8.70. The molecule has 4 aliphatic rings. The molecule has 1 saturated heterocycles. The summed E-state index contributed by atoms with van der Waals surface area (Å²) in [5.74, 6) is 3.22. The van der Waals surface area contributed by atoms with Crippen molar-refractivity contribution in [2.45, 2.75) is 50.9 Å². The predicted octanol–water partition coefficient (Wildman–Crippen LogP) is 3.84. The Bertz CT molecular complexity index is 1260. The maximum absolute atomic E-state index is 11.5. The van der Waals surface area contributed by atoms with Crippen LogP contribution < -0.4 is 18.9 Å². The van der Waals surface area contributed by atoms with Gasteiger partial charge in [0.15, 0.2) is 23.0 Å². The molecule has 1 fully saturated rings. The average Bonchev–Trinajstić information content (AvgIpc) is 3.35. The molecule has 0 amide bonds. The molecule has 1 unspecified atom stereocenters. The Morgan fingerprint density at radius 3 is 2.65 bits per heavy atom. The summed E-state index contributed by atoms with van der Waals surface area (Å²) in [4.78, 5) is 5.00. The number of aryl methyl sites for hydroxylation is 1. The largest absolute Gasteiger partial charge is 0.504 e. The van der Waals surface area contributed by atoms with Crippen molar-refractivity contribution in [3.05, 3.63) is 52.1 Å². The molecule has 4 heterocycles. The van der Waals surface area contributed by atoms with Crippen LogP contribution in [0.3, 0.4) is 0 Å². The van der Waals surface area contributed by atoms with Gasteiger partial charge in [-0.2, -0.15) is 0 Å². The summed E-state index contributed by atoms with van der Waals surface area (Å²) in [5.41, 5.74) is 6.33. The minimum Gasteiger partial charge on any atom is -0.504 e. The summed E-state index contributed by atoms with van der Waals surface area (Å²) in [5, 5.41) is 11.5. The van der Waals surface area contributed by atoms with Crippen LogP contribution in [0.15, 0.2) is 18.7 Å². The van der Waals surface area contributed by atoms with Crippen LogP contribution in [-0.4, -0.2) is 74.8 Å². The molecule has 198 valence electrons. The Morgan fingerprint density at radius 2 is 1.92 bits per heavy atom. The Hall–Kier alpha value is -2.94. The molecule has 4 atom stereocenters. The van der Waals surface area contributed by atoms with Gasteiger partial charge in [-0.25, -0.2) is 0 Å². The fourth-order valence-corrected chi connectivity index (χ4v) is 7.21. The van der Waals surface area contributed by atoms with Crippen LogP contribution in [0.25, 0.3) is 0 Å². The van der Waals surface area contributed by atoms with E-state index in [0.717, 1.165) is 64.5 Å². The number of methoxy groups -OCH3 is 2. The van der Waals surface area contributed by atoms with E-state index in [1.54, 1.807) is 20.3 Å². The molecule has 0 aliphatic carbocycles. The Morgan fingerprint density at radius 1 is 1.14 bits per heavy atom. The monoisotopic (exact) mass is 508 g/mol. The summed E-state index contributed by atoms with van der Waals surface area (Å²) in [6, 6.07) is 2.56. The number of aromatic hydroxyl groups is 1. The van der Waals surface area contributed by atoms with Gasteiger partial charge in [0.25, 0.3) is 0 Å². The van der Waals surface area contributed by atoms with Gasteiger partial charge in [-0.1, -0.05) is 18.7 Å². The van der Waals surface area contributed by atoms with Crippen molar-refractivity contribution in [1.29, 1.82) is 0 Å². The first kappa shape index (κ1) is 24.4. The number of piperazine rings is 1. The van der Waals surface area contributed by atoms with Crippen LogP contribution in [0.2, 0.25) is 0 Å². The molecule has 37 heavy (non-hydrogen) atoms. The van der Waals surface area contributed by atoms with Crippen molar-refractivity contribution in [2.24, 2.45) is 0 Å². The lowest BCUT2D eigenvalue weighted by Gasteiger charge is -2.58. The topological polar surface area (TPSA) is 72.9 Å². The number of fused-ring (bicyclic) bond motifs is 9.